The van der Waals surface area contributed by atoms with E-state index in [1.165, 1.54) is 7.11 Å². The zero-order valence-corrected chi connectivity index (χ0v) is 18.5. The number of nitrogens with zero attached hydrogens (tertiary/aromatic N) is 2. The van der Waals surface area contributed by atoms with E-state index in [2.05, 4.69) is 0 Å². The quantitative estimate of drug-likeness (QED) is 0.501. The largest absolute Gasteiger partial charge is 0.497 e. The van der Waals surface area contributed by atoms with Crippen LogP contribution in [-0.2, 0) is 14.4 Å². The Morgan fingerprint density at radius 2 is 1.62 bits per heavy atom. The highest BCUT2D eigenvalue weighted by molar-refractivity contribution is 6.35. The number of rotatable bonds is 4. The zero-order valence-electron chi connectivity index (χ0n) is 16.9. The summed E-state index contributed by atoms with van der Waals surface area (Å²) in [5.74, 6) is -1.03. The number of carbonyl (C=O) groups excluding carboxylic acids is 2. The lowest BCUT2D eigenvalue weighted by Gasteiger charge is -2.29. The molecule has 0 spiro atoms. The van der Waals surface area contributed by atoms with Crippen LogP contribution in [0.5, 0.6) is 5.75 Å². The standard InChI is InChI=1S/C24H18Cl2N2O4/c1-31-17-9-5-8-16(13-17)27-23(29)20-21(18-11-10-14(25)12-19(18)26)28(32-22(20)24(27)30)15-6-3-2-4-7-15/h2-13,20-22H,1H3/t20-,21-,22+/m0/s1. The van der Waals surface area contributed by atoms with E-state index in [0.717, 1.165) is 4.90 Å². The summed E-state index contributed by atoms with van der Waals surface area (Å²) in [5.41, 5.74) is 1.80. The highest BCUT2D eigenvalue weighted by Gasteiger charge is 2.60. The molecular formula is C24H18Cl2N2O4. The SMILES string of the molecule is COc1cccc(N2C(=O)[C@@H]3[C@@H](ON(c4ccccc4)[C@H]3c3ccc(Cl)cc3Cl)C2=O)c1. The lowest BCUT2D eigenvalue weighted by atomic mass is 9.90. The van der Waals surface area contributed by atoms with Crippen molar-refractivity contribution in [1.82, 2.24) is 0 Å². The molecular weight excluding hydrogens is 451 g/mol. The molecule has 8 heteroatoms. The minimum absolute atomic E-state index is 0.359. The van der Waals surface area contributed by atoms with Gasteiger partial charge in [-0.1, -0.05) is 53.5 Å². The lowest BCUT2D eigenvalue weighted by Crippen LogP contribution is -2.37. The summed E-state index contributed by atoms with van der Waals surface area (Å²) in [5, 5.41) is 2.48. The van der Waals surface area contributed by atoms with E-state index in [-0.39, 0.29) is 5.91 Å². The van der Waals surface area contributed by atoms with Gasteiger partial charge in [-0.05, 0) is 42.0 Å². The number of methoxy groups -OCH3 is 1. The number of carbonyl (C=O) groups is 2. The number of ether oxygens (including phenoxy) is 1. The molecule has 2 saturated heterocycles. The maximum absolute atomic E-state index is 13.6. The van der Waals surface area contributed by atoms with Crippen LogP contribution in [0.15, 0.2) is 72.8 Å². The first-order chi connectivity index (χ1) is 15.5. The van der Waals surface area contributed by atoms with Gasteiger partial charge in [0.1, 0.15) is 11.7 Å². The third-order valence-corrected chi connectivity index (χ3v) is 6.28. The predicted octanol–water partition coefficient (Wildman–Crippen LogP) is 5.05. The number of hydrogen-bond acceptors (Lipinski definition) is 5. The van der Waals surface area contributed by atoms with Gasteiger partial charge in [-0.3, -0.25) is 14.4 Å². The maximum Gasteiger partial charge on any atom is 0.266 e. The van der Waals surface area contributed by atoms with E-state index in [4.69, 9.17) is 32.8 Å². The third kappa shape index (κ3) is 3.32. The number of amides is 2. The van der Waals surface area contributed by atoms with Gasteiger partial charge < -0.3 is 4.74 Å². The van der Waals surface area contributed by atoms with Crippen LogP contribution in [0.1, 0.15) is 11.6 Å². The van der Waals surface area contributed by atoms with Crippen molar-refractivity contribution in [2.24, 2.45) is 5.92 Å². The lowest BCUT2D eigenvalue weighted by molar-refractivity contribution is -0.126. The van der Waals surface area contributed by atoms with Crippen LogP contribution in [0.4, 0.5) is 11.4 Å². The van der Waals surface area contributed by atoms with Crippen molar-refractivity contribution in [3.05, 3.63) is 88.4 Å². The van der Waals surface area contributed by atoms with Gasteiger partial charge in [0.05, 0.1) is 24.5 Å². The van der Waals surface area contributed by atoms with Gasteiger partial charge in [-0.25, -0.2) is 9.96 Å². The van der Waals surface area contributed by atoms with Crippen LogP contribution in [-0.4, -0.2) is 25.0 Å². The van der Waals surface area contributed by atoms with Crippen molar-refractivity contribution in [1.29, 1.82) is 0 Å². The van der Waals surface area contributed by atoms with E-state index in [9.17, 15) is 9.59 Å². The van der Waals surface area contributed by atoms with Crippen LogP contribution < -0.4 is 14.7 Å². The molecule has 0 saturated carbocycles. The summed E-state index contributed by atoms with van der Waals surface area (Å²) in [6, 6.07) is 20.6. The minimum Gasteiger partial charge on any atom is -0.497 e. The summed E-state index contributed by atoms with van der Waals surface area (Å²) >= 11 is 12.6. The Morgan fingerprint density at radius 1 is 0.875 bits per heavy atom. The Balaban J connectivity index is 1.60. The van der Waals surface area contributed by atoms with Gasteiger partial charge in [0.2, 0.25) is 5.91 Å². The first-order valence-electron chi connectivity index (χ1n) is 9.97. The highest BCUT2D eigenvalue weighted by Crippen LogP contribution is 2.49. The summed E-state index contributed by atoms with van der Waals surface area (Å²) in [4.78, 5) is 34.3. The van der Waals surface area contributed by atoms with Crippen molar-refractivity contribution >= 4 is 46.4 Å². The fourth-order valence-electron chi connectivity index (χ4n) is 4.27. The van der Waals surface area contributed by atoms with Crippen LogP contribution in [0.3, 0.4) is 0 Å². The van der Waals surface area contributed by atoms with Gasteiger partial charge in [0, 0.05) is 16.1 Å². The molecule has 2 heterocycles. The monoisotopic (exact) mass is 468 g/mol. The number of imide groups is 1. The first kappa shape index (κ1) is 20.8. The molecule has 0 radical (unpaired) electrons. The number of para-hydroxylation sites is 1. The molecule has 0 aliphatic carbocycles. The molecule has 162 valence electrons. The van der Waals surface area contributed by atoms with Crippen LogP contribution in [0.25, 0.3) is 0 Å². The van der Waals surface area contributed by atoms with Crippen molar-refractivity contribution in [2.75, 3.05) is 17.1 Å². The summed E-state index contributed by atoms with van der Waals surface area (Å²) < 4.78 is 5.25. The van der Waals surface area contributed by atoms with Crippen LogP contribution >= 0.6 is 23.2 Å². The average molecular weight is 469 g/mol. The Hall–Kier alpha value is -3.06. The number of anilines is 2. The molecule has 3 atom stereocenters. The minimum atomic E-state index is -0.981. The molecule has 6 nitrogen and oxygen atoms in total. The number of fused-ring (bicyclic) bond motifs is 1. The predicted molar refractivity (Wildman–Crippen MR) is 122 cm³/mol. The van der Waals surface area contributed by atoms with E-state index < -0.39 is 24.0 Å². The van der Waals surface area contributed by atoms with Gasteiger partial charge in [-0.2, -0.15) is 0 Å². The number of benzene rings is 3. The fraction of sp³-hybridized carbons (Fsp3) is 0.167. The molecule has 5 rings (SSSR count). The smallest absolute Gasteiger partial charge is 0.266 e. The number of hydroxylamine groups is 1. The Kier molecular flexibility index (Phi) is 5.29. The van der Waals surface area contributed by atoms with E-state index in [1.54, 1.807) is 47.5 Å². The second-order valence-corrected chi connectivity index (χ2v) is 8.38. The second kappa shape index (κ2) is 8.13. The third-order valence-electron chi connectivity index (χ3n) is 5.72. The van der Waals surface area contributed by atoms with Crippen LogP contribution in [0, 0.1) is 5.92 Å². The fourth-order valence-corrected chi connectivity index (χ4v) is 4.79. The number of halogens is 2. The Labute approximate surface area is 194 Å². The molecule has 3 aromatic rings. The number of hydrogen-bond donors (Lipinski definition) is 0. The molecule has 2 amide bonds. The van der Waals surface area contributed by atoms with Crippen molar-refractivity contribution in [3.8, 4) is 5.75 Å². The first-order valence-corrected chi connectivity index (χ1v) is 10.7. The molecule has 0 bridgehead atoms. The Morgan fingerprint density at radius 3 is 2.34 bits per heavy atom. The normalized spacial score (nSPS) is 22.4. The molecule has 0 aromatic heterocycles. The maximum atomic E-state index is 13.6. The van der Waals surface area contributed by atoms with Gasteiger partial charge in [-0.15, -0.1) is 0 Å². The summed E-state index contributed by atoms with van der Waals surface area (Å²) in [6.45, 7) is 0. The average Bonchev–Trinajstić information content (AvgIpc) is 3.30. The zero-order chi connectivity index (χ0) is 22.4. The van der Waals surface area contributed by atoms with E-state index in [1.807, 2.05) is 30.3 Å². The summed E-state index contributed by atoms with van der Waals surface area (Å²) in [7, 11) is 1.53. The molecule has 2 aliphatic rings. The van der Waals surface area contributed by atoms with Crippen LogP contribution in [0.2, 0.25) is 10.0 Å². The van der Waals surface area contributed by atoms with E-state index in [0.29, 0.717) is 32.7 Å². The van der Waals surface area contributed by atoms with Gasteiger partial charge >= 0.3 is 0 Å². The van der Waals surface area contributed by atoms with Crippen molar-refractivity contribution in [3.63, 3.8) is 0 Å². The second-order valence-electron chi connectivity index (χ2n) is 7.54. The molecule has 2 aliphatic heterocycles. The molecule has 32 heavy (non-hydrogen) atoms. The summed E-state index contributed by atoms with van der Waals surface area (Å²) in [6.07, 6.45) is -0.981. The molecule has 3 aromatic carbocycles. The van der Waals surface area contributed by atoms with Gasteiger partial charge in [0.25, 0.3) is 5.91 Å². The Bertz CT molecular complexity index is 1200. The molecule has 0 unspecified atom stereocenters. The highest BCUT2D eigenvalue weighted by atomic mass is 35.5. The topological polar surface area (TPSA) is 59.1 Å². The molecule has 2 fully saturated rings. The molecule has 0 N–H and O–H groups in total. The van der Waals surface area contributed by atoms with E-state index >= 15 is 0 Å². The van der Waals surface area contributed by atoms with Gasteiger partial charge in [0.15, 0.2) is 6.10 Å². The van der Waals surface area contributed by atoms with Crippen molar-refractivity contribution in [2.45, 2.75) is 12.1 Å². The van der Waals surface area contributed by atoms with Crippen molar-refractivity contribution < 1.29 is 19.2 Å².